The second kappa shape index (κ2) is 12.9. The van der Waals surface area contributed by atoms with Crippen LogP contribution in [0.25, 0.3) is 32.7 Å². The molecule has 3 heteroatoms. The predicted octanol–water partition coefficient (Wildman–Crippen LogP) is 10.9. The molecule has 2 unspecified atom stereocenters. The highest BCUT2D eigenvalue weighted by molar-refractivity contribution is 7.73. The SMILES string of the molecule is C=C/C=C(\C=C)P(=O)(C(/C=C/Cc1ccc2ccccc2c1-c1cc2ccccc2cc1N)=C/C=C)C1C=CC=CC1. The van der Waals surface area contributed by atoms with Crippen LogP contribution in [-0.4, -0.2) is 5.66 Å². The molecule has 4 aromatic carbocycles. The molecule has 208 valence electrons. The van der Waals surface area contributed by atoms with Gasteiger partial charge in [-0.3, -0.25) is 0 Å². The van der Waals surface area contributed by atoms with Crippen molar-refractivity contribution < 1.29 is 4.57 Å². The van der Waals surface area contributed by atoms with Crippen molar-refractivity contribution in [2.24, 2.45) is 0 Å². The Labute approximate surface area is 249 Å². The monoisotopic (exact) mass is 565 g/mol. The van der Waals surface area contributed by atoms with Crippen LogP contribution in [0.15, 0.2) is 170 Å². The second-order valence-corrected chi connectivity index (χ2v) is 13.4. The maximum atomic E-state index is 15.0. The second-order valence-electron chi connectivity index (χ2n) is 10.3. The van der Waals surface area contributed by atoms with E-state index in [-0.39, 0.29) is 5.66 Å². The van der Waals surface area contributed by atoms with E-state index in [1.165, 1.54) is 0 Å². The molecule has 0 fully saturated rings. The number of anilines is 1. The van der Waals surface area contributed by atoms with Gasteiger partial charge in [0.25, 0.3) is 0 Å². The highest BCUT2D eigenvalue weighted by Crippen LogP contribution is 2.67. The number of nitrogen functional groups attached to an aromatic ring is 1. The normalized spacial score (nSPS) is 17.0. The summed E-state index contributed by atoms with van der Waals surface area (Å²) in [5.74, 6) is 0. The van der Waals surface area contributed by atoms with E-state index in [1.807, 2.05) is 42.5 Å². The van der Waals surface area contributed by atoms with Crippen LogP contribution in [0.2, 0.25) is 0 Å². The number of fused-ring (bicyclic) bond motifs is 2. The summed E-state index contributed by atoms with van der Waals surface area (Å²) in [6.07, 6.45) is 22.3. The minimum absolute atomic E-state index is 0.170. The fourth-order valence-corrected chi connectivity index (χ4v) is 8.86. The molecule has 5 rings (SSSR count). The number of nitrogens with two attached hydrogens (primary N) is 1. The van der Waals surface area contributed by atoms with Gasteiger partial charge in [-0.05, 0) is 57.6 Å². The lowest BCUT2D eigenvalue weighted by molar-refractivity contribution is 0.579. The van der Waals surface area contributed by atoms with Gasteiger partial charge in [-0.25, -0.2) is 0 Å². The molecule has 2 nitrogen and oxygen atoms in total. The molecule has 2 atom stereocenters. The van der Waals surface area contributed by atoms with Crippen molar-refractivity contribution in [3.8, 4) is 11.1 Å². The third-order valence-electron chi connectivity index (χ3n) is 7.81. The highest BCUT2D eigenvalue weighted by Gasteiger charge is 2.36. The van der Waals surface area contributed by atoms with Gasteiger partial charge in [0, 0.05) is 27.5 Å². The van der Waals surface area contributed by atoms with Crippen LogP contribution in [0.3, 0.4) is 0 Å². The highest BCUT2D eigenvalue weighted by atomic mass is 31.2. The minimum Gasteiger partial charge on any atom is -0.398 e. The summed E-state index contributed by atoms with van der Waals surface area (Å²) in [6, 6.07) is 25.3. The molecule has 42 heavy (non-hydrogen) atoms. The summed E-state index contributed by atoms with van der Waals surface area (Å²) in [7, 11) is -3.10. The number of allylic oxidation sites excluding steroid dienone is 13. The average molecular weight is 566 g/mol. The van der Waals surface area contributed by atoms with Gasteiger partial charge in [0.15, 0.2) is 0 Å². The summed E-state index contributed by atoms with van der Waals surface area (Å²) in [4.78, 5) is 0. The Morgan fingerprint density at radius 3 is 2.24 bits per heavy atom. The summed E-state index contributed by atoms with van der Waals surface area (Å²) in [5, 5.41) is 6.01. The van der Waals surface area contributed by atoms with Crippen molar-refractivity contribution >= 4 is 34.4 Å². The van der Waals surface area contributed by atoms with E-state index in [9.17, 15) is 4.57 Å². The van der Waals surface area contributed by atoms with Gasteiger partial charge in [-0.2, -0.15) is 0 Å². The number of rotatable bonds is 10. The lowest BCUT2D eigenvalue weighted by Gasteiger charge is -2.28. The molecule has 0 bridgehead atoms. The van der Waals surface area contributed by atoms with Crippen LogP contribution in [0.4, 0.5) is 5.69 Å². The number of hydrogen-bond donors (Lipinski definition) is 1. The predicted molar refractivity (Wildman–Crippen MR) is 185 cm³/mol. The fraction of sp³-hybridized carbons (Fsp3) is 0.0769. The van der Waals surface area contributed by atoms with Crippen LogP contribution in [0.1, 0.15) is 12.0 Å². The molecule has 0 aromatic heterocycles. The van der Waals surface area contributed by atoms with Crippen molar-refractivity contribution in [2.45, 2.75) is 18.5 Å². The third kappa shape index (κ3) is 5.59. The Morgan fingerprint density at radius 1 is 0.857 bits per heavy atom. The topological polar surface area (TPSA) is 43.1 Å². The smallest absolute Gasteiger partial charge is 0.150 e. The number of hydrogen-bond acceptors (Lipinski definition) is 2. The fourth-order valence-electron chi connectivity index (χ4n) is 5.79. The molecule has 0 saturated heterocycles. The molecule has 0 saturated carbocycles. The van der Waals surface area contributed by atoms with E-state index in [0.29, 0.717) is 18.2 Å². The lowest BCUT2D eigenvalue weighted by atomic mass is 9.89. The van der Waals surface area contributed by atoms with E-state index in [2.05, 4.69) is 98.6 Å². The van der Waals surface area contributed by atoms with Crippen molar-refractivity contribution in [1.82, 2.24) is 0 Å². The van der Waals surface area contributed by atoms with Crippen LogP contribution in [0.5, 0.6) is 0 Å². The van der Waals surface area contributed by atoms with Crippen LogP contribution < -0.4 is 5.73 Å². The van der Waals surface area contributed by atoms with Gasteiger partial charge in [0.05, 0.1) is 0 Å². The largest absolute Gasteiger partial charge is 0.398 e. The van der Waals surface area contributed by atoms with Crippen molar-refractivity contribution in [1.29, 1.82) is 0 Å². The van der Waals surface area contributed by atoms with Gasteiger partial charge < -0.3 is 10.3 Å². The first kappa shape index (κ1) is 28.9. The molecular formula is C39H36NOP. The summed E-state index contributed by atoms with van der Waals surface area (Å²) < 4.78 is 15.0. The molecule has 2 N–H and O–H groups in total. The summed E-state index contributed by atoms with van der Waals surface area (Å²) in [5.41, 5.74) is 10.6. The first-order valence-corrected chi connectivity index (χ1v) is 16.0. The zero-order chi connectivity index (χ0) is 29.5. The molecule has 0 radical (unpaired) electrons. The quantitative estimate of drug-likeness (QED) is 0.118. The van der Waals surface area contributed by atoms with Crippen molar-refractivity contribution in [3.63, 3.8) is 0 Å². The number of benzene rings is 4. The molecular weight excluding hydrogens is 529 g/mol. The first-order valence-electron chi connectivity index (χ1n) is 14.2. The lowest BCUT2D eigenvalue weighted by Crippen LogP contribution is -2.09. The van der Waals surface area contributed by atoms with Gasteiger partial charge in [-0.1, -0.05) is 147 Å². The van der Waals surface area contributed by atoms with Gasteiger partial charge in [0.2, 0.25) is 0 Å². The minimum atomic E-state index is -3.10. The van der Waals surface area contributed by atoms with E-state index < -0.39 is 7.14 Å². The van der Waals surface area contributed by atoms with Crippen LogP contribution in [0, 0.1) is 0 Å². The Balaban J connectivity index is 1.61. The first-order chi connectivity index (χ1) is 20.5. The van der Waals surface area contributed by atoms with E-state index in [0.717, 1.165) is 49.2 Å². The third-order valence-corrected chi connectivity index (χ3v) is 11.3. The molecule has 0 aliphatic heterocycles. The van der Waals surface area contributed by atoms with Gasteiger partial charge in [0.1, 0.15) is 7.14 Å². The van der Waals surface area contributed by atoms with Crippen LogP contribution in [-0.2, 0) is 11.0 Å². The Bertz CT molecular complexity index is 1880. The average Bonchev–Trinajstić information content (AvgIpc) is 3.03. The molecule has 4 aromatic rings. The molecule has 0 amide bonds. The Hall–Kier alpha value is -4.65. The molecule has 1 aliphatic carbocycles. The maximum Gasteiger partial charge on any atom is 0.150 e. The van der Waals surface area contributed by atoms with Crippen molar-refractivity contribution in [2.75, 3.05) is 5.73 Å². The van der Waals surface area contributed by atoms with E-state index in [4.69, 9.17) is 5.73 Å². The Kier molecular flexibility index (Phi) is 8.86. The maximum absolute atomic E-state index is 15.0. The molecule has 0 heterocycles. The van der Waals surface area contributed by atoms with E-state index >= 15 is 0 Å². The zero-order valence-electron chi connectivity index (χ0n) is 23.8. The Morgan fingerprint density at radius 2 is 1.55 bits per heavy atom. The molecule has 1 aliphatic rings. The standard InChI is InChI=1S/C39H36NOP/c1-4-15-33(6-3)42(41,35-21-8-7-9-22-35)34(16-5-2)23-14-20-30-26-25-29-17-12-13-24-36(29)39(30)37-27-31-18-10-11-19-32(31)28-38(37)40/h4-19,21,23-28,35H,1-3,20,22,40H2/b23-14+,33-15+,34-16+. The van der Waals surface area contributed by atoms with Crippen LogP contribution >= 0.6 is 7.14 Å². The molecule has 0 spiro atoms. The van der Waals surface area contributed by atoms with Crippen molar-refractivity contribution in [3.05, 3.63) is 176 Å². The summed E-state index contributed by atoms with van der Waals surface area (Å²) >= 11 is 0. The van der Waals surface area contributed by atoms with Gasteiger partial charge in [-0.15, -0.1) is 0 Å². The zero-order valence-corrected chi connectivity index (χ0v) is 24.7. The van der Waals surface area contributed by atoms with Gasteiger partial charge >= 0.3 is 0 Å². The summed E-state index contributed by atoms with van der Waals surface area (Å²) in [6.45, 7) is 11.8. The van der Waals surface area contributed by atoms with E-state index in [1.54, 1.807) is 18.2 Å².